The smallest absolute Gasteiger partial charge is 0.254 e. The van der Waals surface area contributed by atoms with Crippen molar-refractivity contribution >= 4 is 11.7 Å². The highest BCUT2D eigenvalue weighted by atomic mass is 16.4. The van der Waals surface area contributed by atoms with E-state index in [9.17, 15) is 4.79 Å². The second-order valence-corrected chi connectivity index (χ2v) is 6.11. The minimum Gasteiger partial charge on any atom is -0.424 e. The molecule has 8 nitrogen and oxygen atoms in total. The van der Waals surface area contributed by atoms with Gasteiger partial charge < -0.3 is 14.2 Å². The Morgan fingerprint density at radius 1 is 1.15 bits per heavy atom. The molecule has 0 spiro atoms. The molecule has 1 amide bonds. The van der Waals surface area contributed by atoms with Crippen LogP contribution in [0.1, 0.15) is 22.1 Å². The van der Waals surface area contributed by atoms with E-state index in [1.807, 2.05) is 31.1 Å². The van der Waals surface area contributed by atoms with E-state index in [4.69, 9.17) is 4.42 Å². The van der Waals surface area contributed by atoms with Gasteiger partial charge in [0.2, 0.25) is 11.8 Å². The van der Waals surface area contributed by atoms with E-state index in [0.29, 0.717) is 23.0 Å². The zero-order chi connectivity index (χ0) is 18.7. The lowest BCUT2D eigenvalue weighted by atomic mass is 10.1. The van der Waals surface area contributed by atoms with Gasteiger partial charge in [-0.05, 0) is 12.1 Å². The molecule has 2 heterocycles. The highest BCUT2D eigenvalue weighted by molar-refractivity contribution is 5.95. The number of hydrogen-bond acceptors (Lipinski definition) is 7. The van der Waals surface area contributed by atoms with Gasteiger partial charge in [-0.3, -0.25) is 9.78 Å². The number of carbonyl (C=O) groups is 1. The van der Waals surface area contributed by atoms with Crippen LogP contribution < -0.4 is 4.90 Å². The number of amides is 1. The summed E-state index contributed by atoms with van der Waals surface area (Å²) in [4.78, 5) is 24.9. The zero-order valence-corrected chi connectivity index (χ0v) is 15.2. The summed E-state index contributed by atoms with van der Waals surface area (Å²) < 4.78 is 5.33. The lowest BCUT2D eigenvalue weighted by Crippen LogP contribution is -2.26. The number of benzene rings is 1. The zero-order valence-electron chi connectivity index (χ0n) is 15.2. The topological polar surface area (TPSA) is 88.3 Å². The van der Waals surface area contributed by atoms with Gasteiger partial charge in [0.15, 0.2) is 0 Å². The summed E-state index contributed by atoms with van der Waals surface area (Å²) in [7, 11) is 5.50. The summed E-state index contributed by atoms with van der Waals surface area (Å²) in [5, 5.41) is 7.69. The normalized spacial score (nSPS) is 10.6. The molecular formula is C18H20N6O2. The van der Waals surface area contributed by atoms with Gasteiger partial charge >= 0.3 is 0 Å². The van der Waals surface area contributed by atoms with Gasteiger partial charge in [0.25, 0.3) is 5.91 Å². The van der Waals surface area contributed by atoms with Crippen molar-refractivity contribution in [2.24, 2.45) is 0 Å². The molecule has 0 aliphatic carbocycles. The van der Waals surface area contributed by atoms with Crippen LogP contribution in [0.4, 0.5) is 5.82 Å². The van der Waals surface area contributed by atoms with Crippen LogP contribution in [-0.4, -0.2) is 52.1 Å². The van der Waals surface area contributed by atoms with E-state index in [1.54, 1.807) is 38.5 Å². The Bertz CT molecular complexity index is 921. The molecule has 3 rings (SSSR count). The molecule has 0 bridgehead atoms. The van der Waals surface area contributed by atoms with Crippen LogP contribution in [0.25, 0.3) is 11.3 Å². The minimum absolute atomic E-state index is 0.139. The van der Waals surface area contributed by atoms with Crippen LogP contribution in [0, 0.1) is 6.92 Å². The lowest BCUT2D eigenvalue weighted by molar-refractivity contribution is 0.0772. The molecule has 8 heteroatoms. The molecule has 3 aromatic rings. The molecule has 0 fully saturated rings. The van der Waals surface area contributed by atoms with Gasteiger partial charge in [0, 0.05) is 39.2 Å². The van der Waals surface area contributed by atoms with Gasteiger partial charge in [-0.1, -0.05) is 12.1 Å². The molecule has 134 valence electrons. The van der Waals surface area contributed by atoms with E-state index in [2.05, 4.69) is 20.2 Å². The predicted octanol–water partition coefficient (Wildman–Crippen LogP) is 2.17. The Balaban J connectivity index is 1.82. The quantitative estimate of drug-likeness (QED) is 0.695. The Hall–Kier alpha value is -3.29. The van der Waals surface area contributed by atoms with Gasteiger partial charge in [-0.15, -0.1) is 10.2 Å². The van der Waals surface area contributed by atoms with E-state index < -0.39 is 0 Å². The van der Waals surface area contributed by atoms with Gasteiger partial charge in [0.05, 0.1) is 24.6 Å². The van der Waals surface area contributed by atoms with Crippen LogP contribution >= 0.6 is 0 Å². The molecular weight excluding hydrogens is 332 g/mol. The maximum Gasteiger partial charge on any atom is 0.254 e. The van der Waals surface area contributed by atoms with Crippen molar-refractivity contribution < 1.29 is 9.21 Å². The van der Waals surface area contributed by atoms with Crippen molar-refractivity contribution in [3.8, 4) is 11.3 Å². The fourth-order valence-electron chi connectivity index (χ4n) is 2.42. The van der Waals surface area contributed by atoms with Gasteiger partial charge in [-0.2, -0.15) is 0 Å². The number of carbonyl (C=O) groups excluding carboxylic acids is 1. The van der Waals surface area contributed by atoms with E-state index >= 15 is 0 Å². The number of anilines is 1. The van der Waals surface area contributed by atoms with Crippen molar-refractivity contribution in [1.82, 2.24) is 25.1 Å². The largest absolute Gasteiger partial charge is 0.424 e. The van der Waals surface area contributed by atoms with Crippen molar-refractivity contribution in [2.75, 3.05) is 26.0 Å². The average Bonchev–Trinajstić information content (AvgIpc) is 3.06. The predicted molar refractivity (Wildman–Crippen MR) is 96.6 cm³/mol. The highest BCUT2D eigenvalue weighted by Crippen LogP contribution is 2.20. The summed E-state index contributed by atoms with van der Waals surface area (Å²) >= 11 is 0. The molecule has 1 aromatic carbocycles. The first-order chi connectivity index (χ1) is 12.4. The Kier molecular flexibility index (Phi) is 4.92. The number of aromatic nitrogens is 4. The first-order valence-electron chi connectivity index (χ1n) is 8.08. The number of rotatable bonds is 5. The van der Waals surface area contributed by atoms with E-state index in [-0.39, 0.29) is 12.5 Å². The standard InChI is InChI=1S/C18H20N6O2/c1-12-21-22-17(26-12)11-24(4)18(25)14-7-5-6-13(8-14)15-9-19-10-16(20-15)23(2)3/h5-10H,11H2,1-4H3. The molecule has 0 unspecified atom stereocenters. The van der Waals surface area contributed by atoms with E-state index in [0.717, 1.165) is 11.4 Å². The molecule has 0 N–H and O–H groups in total. The Labute approximate surface area is 151 Å². The van der Waals surface area contributed by atoms with Crippen molar-refractivity contribution in [1.29, 1.82) is 0 Å². The van der Waals surface area contributed by atoms with Crippen LogP contribution in [0.3, 0.4) is 0 Å². The molecule has 0 saturated carbocycles. The fourth-order valence-corrected chi connectivity index (χ4v) is 2.42. The molecule has 26 heavy (non-hydrogen) atoms. The second-order valence-electron chi connectivity index (χ2n) is 6.11. The Morgan fingerprint density at radius 3 is 2.65 bits per heavy atom. The first kappa shape index (κ1) is 17.5. The molecule has 0 radical (unpaired) electrons. The summed E-state index contributed by atoms with van der Waals surface area (Å²) in [6.07, 6.45) is 3.38. The number of hydrogen-bond donors (Lipinski definition) is 0. The third kappa shape index (κ3) is 3.85. The SMILES string of the molecule is Cc1nnc(CN(C)C(=O)c2cccc(-c3cncc(N(C)C)n3)c2)o1. The fraction of sp³-hybridized carbons (Fsp3) is 0.278. The first-order valence-corrected chi connectivity index (χ1v) is 8.08. The maximum atomic E-state index is 12.7. The highest BCUT2D eigenvalue weighted by Gasteiger charge is 2.16. The molecule has 2 aromatic heterocycles. The summed E-state index contributed by atoms with van der Waals surface area (Å²) in [5.74, 6) is 1.49. The van der Waals surface area contributed by atoms with Crippen LogP contribution in [0.2, 0.25) is 0 Å². The second kappa shape index (κ2) is 7.30. The molecule has 0 saturated heterocycles. The summed E-state index contributed by atoms with van der Waals surface area (Å²) in [5.41, 5.74) is 2.09. The molecule has 0 atom stereocenters. The van der Waals surface area contributed by atoms with Crippen molar-refractivity contribution in [2.45, 2.75) is 13.5 Å². The van der Waals surface area contributed by atoms with Gasteiger partial charge in [0.1, 0.15) is 5.82 Å². The number of aryl methyl sites for hydroxylation is 1. The minimum atomic E-state index is -0.139. The van der Waals surface area contributed by atoms with Crippen molar-refractivity contribution in [3.05, 3.63) is 54.0 Å². The molecule has 0 aliphatic rings. The van der Waals surface area contributed by atoms with Crippen LogP contribution in [-0.2, 0) is 6.54 Å². The molecule has 0 aliphatic heterocycles. The van der Waals surface area contributed by atoms with Gasteiger partial charge in [-0.25, -0.2) is 4.98 Å². The third-order valence-electron chi connectivity index (χ3n) is 3.77. The monoisotopic (exact) mass is 352 g/mol. The third-order valence-corrected chi connectivity index (χ3v) is 3.77. The lowest BCUT2D eigenvalue weighted by Gasteiger charge is -2.16. The Morgan fingerprint density at radius 2 is 1.96 bits per heavy atom. The summed E-state index contributed by atoms with van der Waals surface area (Å²) in [6.45, 7) is 1.96. The van der Waals surface area contributed by atoms with Crippen LogP contribution in [0.15, 0.2) is 41.1 Å². The van der Waals surface area contributed by atoms with E-state index in [1.165, 1.54) is 4.90 Å². The number of nitrogens with zero attached hydrogens (tertiary/aromatic N) is 6. The summed E-state index contributed by atoms with van der Waals surface area (Å²) in [6, 6.07) is 7.31. The maximum absolute atomic E-state index is 12.7. The van der Waals surface area contributed by atoms with Crippen molar-refractivity contribution in [3.63, 3.8) is 0 Å². The van der Waals surface area contributed by atoms with Crippen LogP contribution in [0.5, 0.6) is 0 Å². The average molecular weight is 352 g/mol.